The van der Waals surface area contributed by atoms with Crippen molar-refractivity contribution in [3.8, 4) is 11.5 Å². The number of sulfonamides is 1. The fourth-order valence-electron chi connectivity index (χ4n) is 3.25. The molecule has 2 heterocycles. The summed E-state index contributed by atoms with van der Waals surface area (Å²) in [6.45, 7) is 1.25. The summed E-state index contributed by atoms with van der Waals surface area (Å²) in [6.07, 6.45) is 0. The highest BCUT2D eigenvalue weighted by molar-refractivity contribution is 7.93. The highest BCUT2D eigenvalue weighted by atomic mass is 35.5. The molecule has 28 heavy (non-hydrogen) atoms. The number of methoxy groups -OCH3 is 1. The molecule has 0 atom stereocenters. The molecule has 2 aliphatic rings. The van der Waals surface area contributed by atoms with E-state index in [-0.39, 0.29) is 42.1 Å². The van der Waals surface area contributed by atoms with E-state index in [1.807, 2.05) is 18.2 Å². The summed E-state index contributed by atoms with van der Waals surface area (Å²) in [4.78, 5) is 11.5. The molecule has 2 N–H and O–H groups in total. The number of ether oxygens (including phenoxy) is 2. The first-order valence-corrected chi connectivity index (χ1v) is 9.91. The van der Waals surface area contributed by atoms with Crippen molar-refractivity contribution in [2.45, 2.75) is 11.4 Å². The SMILES string of the molecule is COc1cc2c(cc1S(=O)(=O)N1CCNCc3ccccc31)OCC(=O)N2.Cl. The Balaban J connectivity index is 0.00000225. The van der Waals surface area contributed by atoms with Crippen molar-refractivity contribution in [1.82, 2.24) is 5.32 Å². The highest BCUT2D eigenvalue weighted by Crippen LogP contribution is 2.39. The molecule has 2 aromatic rings. The van der Waals surface area contributed by atoms with E-state index in [9.17, 15) is 13.2 Å². The summed E-state index contributed by atoms with van der Waals surface area (Å²) < 4.78 is 39.1. The van der Waals surface area contributed by atoms with Gasteiger partial charge in [-0.3, -0.25) is 9.10 Å². The van der Waals surface area contributed by atoms with Gasteiger partial charge in [-0.15, -0.1) is 12.4 Å². The lowest BCUT2D eigenvalue weighted by molar-refractivity contribution is -0.118. The second kappa shape index (κ2) is 7.86. The molecule has 0 saturated carbocycles. The molecule has 0 fully saturated rings. The molecular weight excluding hydrogens is 406 g/mol. The van der Waals surface area contributed by atoms with Gasteiger partial charge in [0.1, 0.15) is 16.4 Å². The van der Waals surface area contributed by atoms with E-state index >= 15 is 0 Å². The zero-order valence-electron chi connectivity index (χ0n) is 15.1. The number of para-hydroxylation sites is 1. The summed E-state index contributed by atoms with van der Waals surface area (Å²) >= 11 is 0. The van der Waals surface area contributed by atoms with E-state index < -0.39 is 10.0 Å². The van der Waals surface area contributed by atoms with Crippen LogP contribution in [0.2, 0.25) is 0 Å². The van der Waals surface area contributed by atoms with Gasteiger partial charge in [-0.2, -0.15) is 0 Å². The third kappa shape index (κ3) is 3.48. The number of benzene rings is 2. The van der Waals surface area contributed by atoms with Crippen molar-refractivity contribution in [1.29, 1.82) is 0 Å². The number of carbonyl (C=O) groups is 1. The van der Waals surface area contributed by atoms with Crippen molar-refractivity contribution in [3.05, 3.63) is 42.0 Å². The minimum Gasteiger partial charge on any atom is -0.495 e. The van der Waals surface area contributed by atoms with Crippen LogP contribution in [0.15, 0.2) is 41.3 Å². The van der Waals surface area contributed by atoms with Gasteiger partial charge in [0, 0.05) is 31.8 Å². The first-order chi connectivity index (χ1) is 13.0. The summed E-state index contributed by atoms with van der Waals surface area (Å²) in [7, 11) is -2.52. The van der Waals surface area contributed by atoms with Crippen LogP contribution in [-0.2, 0) is 21.4 Å². The van der Waals surface area contributed by atoms with Crippen LogP contribution >= 0.6 is 12.4 Å². The van der Waals surface area contributed by atoms with Crippen LogP contribution in [-0.4, -0.2) is 41.1 Å². The first-order valence-electron chi connectivity index (χ1n) is 8.47. The molecule has 0 aromatic heterocycles. The Kier molecular flexibility index (Phi) is 5.69. The van der Waals surface area contributed by atoms with Crippen molar-refractivity contribution < 1.29 is 22.7 Å². The predicted octanol–water partition coefficient (Wildman–Crippen LogP) is 1.75. The summed E-state index contributed by atoms with van der Waals surface area (Å²) in [5.41, 5.74) is 1.93. The van der Waals surface area contributed by atoms with Crippen LogP contribution < -0.4 is 24.4 Å². The molecule has 0 radical (unpaired) electrons. The highest BCUT2D eigenvalue weighted by Gasteiger charge is 2.32. The number of halogens is 1. The Morgan fingerprint density at radius 3 is 2.79 bits per heavy atom. The number of carbonyl (C=O) groups excluding carboxylic acids is 1. The normalized spacial score (nSPS) is 15.9. The molecule has 4 rings (SSSR count). The quantitative estimate of drug-likeness (QED) is 0.777. The second-order valence-electron chi connectivity index (χ2n) is 6.22. The van der Waals surface area contributed by atoms with Crippen LogP contribution in [0.1, 0.15) is 5.56 Å². The number of hydrogen-bond donors (Lipinski definition) is 2. The number of rotatable bonds is 3. The van der Waals surface area contributed by atoms with Crippen molar-refractivity contribution in [3.63, 3.8) is 0 Å². The predicted molar refractivity (Wildman–Crippen MR) is 107 cm³/mol. The Hall–Kier alpha value is -2.49. The van der Waals surface area contributed by atoms with Crippen molar-refractivity contribution >= 4 is 39.7 Å². The average molecular weight is 426 g/mol. The van der Waals surface area contributed by atoms with Crippen molar-refractivity contribution in [2.75, 3.05) is 36.4 Å². The fraction of sp³-hybridized carbons (Fsp3) is 0.278. The van der Waals surface area contributed by atoms with E-state index in [4.69, 9.17) is 9.47 Å². The number of nitrogens with zero attached hydrogens (tertiary/aromatic N) is 1. The zero-order chi connectivity index (χ0) is 19.0. The van der Waals surface area contributed by atoms with Gasteiger partial charge in [0.25, 0.3) is 15.9 Å². The van der Waals surface area contributed by atoms with E-state index in [0.717, 1.165) is 5.56 Å². The Bertz CT molecular complexity index is 1010. The van der Waals surface area contributed by atoms with Crippen LogP contribution in [0.3, 0.4) is 0 Å². The fourth-order valence-corrected chi connectivity index (χ4v) is 4.90. The lowest BCUT2D eigenvalue weighted by Crippen LogP contribution is -2.35. The third-order valence-electron chi connectivity index (χ3n) is 4.53. The number of fused-ring (bicyclic) bond motifs is 2. The first kappa shape index (κ1) is 20.2. The topological polar surface area (TPSA) is 97.0 Å². The van der Waals surface area contributed by atoms with Gasteiger partial charge in [0.15, 0.2) is 6.61 Å². The van der Waals surface area contributed by atoms with Crippen LogP contribution in [0, 0.1) is 0 Å². The van der Waals surface area contributed by atoms with E-state index in [2.05, 4.69) is 10.6 Å². The molecule has 0 unspecified atom stereocenters. The molecule has 1 amide bonds. The Morgan fingerprint density at radius 2 is 2.00 bits per heavy atom. The van der Waals surface area contributed by atoms with Crippen LogP contribution in [0.25, 0.3) is 0 Å². The summed E-state index contributed by atoms with van der Waals surface area (Å²) in [6, 6.07) is 10.3. The standard InChI is InChI=1S/C18H19N3O5S.ClH/c1-25-16-8-13-15(26-11-18(22)20-13)9-17(16)27(23,24)21-7-6-19-10-12-4-2-3-5-14(12)21;/h2-5,8-9,19H,6-7,10-11H2,1H3,(H,20,22);1H. The minimum absolute atomic E-state index is 0. The van der Waals surface area contributed by atoms with Crippen LogP contribution in [0.5, 0.6) is 11.5 Å². The number of anilines is 2. The van der Waals surface area contributed by atoms with Gasteiger partial charge in [-0.05, 0) is 11.6 Å². The molecule has 0 saturated heterocycles. The summed E-state index contributed by atoms with van der Waals surface area (Å²) in [5, 5.41) is 5.89. The summed E-state index contributed by atoms with van der Waals surface area (Å²) in [5.74, 6) is 0.150. The molecule has 2 aliphatic heterocycles. The van der Waals surface area contributed by atoms with Gasteiger partial charge in [-0.25, -0.2) is 8.42 Å². The third-order valence-corrected chi connectivity index (χ3v) is 6.37. The molecule has 150 valence electrons. The van der Waals surface area contributed by atoms with E-state index in [1.165, 1.54) is 23.5 Å². The molecule has 10 heteroatoms. The lowest BCUT2D eigenvalue weighted by Gasteiger charge is -2.26. The minimum atomic E-state index is -3.91. The molecule has 0 bridgehead atoms. The maximum absolute atomic E-state index is 13.5. The van der Waals surface area contributed by atoms with E-state index in [1.54, 1.807) is 6.07 Å². The zero-order valence-corrected chi connectivity index (χ0v) is 16.7. The van der Waals surface area contributed by atoms with Gasteiger partial charge >= 0.3 is 0 Å². The lowest BCUT2D eigenvalue weighted by atomic mass is 10.2. The smallest absolute Gasteiger partial charge is 0.268 e. The van der Waals surface area contributed by atoms with Gasteiger partial charge in [0.2, 0.25) is 0 Å². The number of nitrogens with one attached hydrogen (secondary N) is 2. The number of amides is 1. The molecule has 0 spiro atoms. The molecular formula is C18H20ClN3O5S. The Labute approximate surface area is 169 Å². The number of hydrogen-bond acceptors (Lipinski definition) is 6. The van der Waals surface area contributed by atoms with E-state index in [0.29, 0.717) is 30.2 Å². The Morgan fingerprint density at radius 1 is 1.21 bits per heavy atom. The molecule has 2 aromatic carbocycles. The van der Waals surface area contributed by atoms with Gasteiger partial charge in [-0.1, -0.05) is 18.2 Å². The van der Waals surface area contributed by atoms with Gasteiger partial charge < -0.3 is 20.1 Å². The molecule has 0 aliphatic carbocycles. The maximum Gasteiger partial charge on any atom is 0.268 e. The van der Waals surface area contributed by atoms with Crippen LogP contribution in [0.4, 0.5) is 11.4 Å². The monoisotopic (exact) mass is 425 g/mol. The average Bonchev–Trinajstić information content (AvgIpc) is 2.89. The van der Waals surface area contributed by atoms with Crippen molar-refractivity contribution in [2.24, 2.45) is 0 Å². The second-order valence-corrected chi connectivity index (χ2v) is 8.05. The molecule has 8 nitrogen and oxygen atoms in total. The largest absolute Gasteiger partial charge is 0.495 e. The maximum atomic E-state index is 13.5. The van der Waals surface area contributed by atoms with Gasteiger partial charge in [0.05, 0.1) is 18.5 Å².